The fourth-order valence-electron chi connectivity index (χ4n) is 3.33. The molecule has 2 aromatic carbocycles. The summed E-state index contributed by atoms with van der Waals surface area (Å²) in [6, 6.07) is 12.6. The Morgan fingerprint density at radius 3 is 2.48 bits per heavy atom. The molecule has 4 heteroatoms. The highest BCUT2D eigenvalue weighted by Crippen LogP contribution is 2.36. The van der Waals surface area contributed by atoms with Gasteiger partial charge in [0.15, 0.2) is 0 Å². The minimum atomic E-state index is -0.689. The number of carbonyl (C=O) groups is 1. The molecular formula is C21H23FO3. The Morgan fingerprint density at radius 2 is 1.88 bits per heavy atom. The van der Waals surface area contributed by atoms with Gasteiger partial charge in [0.05, 0.1) is 12.0 Å². The Morgan fingerprint density at radius 1 is 1.20 bits per heavy atom. The smallest absolute Gasteiger partial charge is 0.306 e. The summed E-state index contributed by atoms with van der Waals surface area (Å²) < 4.78 is 19.8. The van der Waals surface area contributed by atoms with E-state index in [2.05, 4.69) is 0 Å². The number of rotatable bonds is 6. The summed E-state index contributed by atoms with van der Waals surface area (Å²) in [6.45, 7) is 3.88. The van der Waals surface area contributed by atoms with E-state index >= 15 is 0 Å². The highest BCUT2D eigenvalue weighted by atomic mass is 19.1. The van der Waals surface area contributed by atoms with Crippen molar-refractivity contribution in [1.82, 2.24) is 0 Å². The lowest BCUT2D eigenvalue weighted by Gasteiger charge is -2.32. The number of hydrogen-bond donors (Lipinski definition) is 1. The van der Waals surface area contributed by atoms with Crippen molar-refractivity contribution < 1.29 is 19.0 Å². The van der Waals surface area contributed by atoms with Gasteiger partial charge in [0.1, 0.15) is 11.6 Å². The fraction of sp³-hybridized carbons (Fsp3) is 0.381. The van der Waals surface area contributed by atoms with Crippen LogP contribution in [0.4, 0.5) is 4.39 Å². The van der Waals surface area contributed by atoms with Gasteiger partial charge >= 0.3 is 5.97 Å². The fourth-order valence-corrected chi connectivity index (χ4v) is 3.33. The van der Waals surface area contributed by atoms with Gasteiger partial charge in [-0.2, -0.15) is 0 Å². The predicted octanol–water partition coefficient (Wildman–Crippen LogP) is 4.93. The van der Waals surface area contributed by atoms with Crippen molar-refractivity contribution >= 4 is 5.97 Å². The van der Waals surface area contributed by atoms with Crippen molar-refractivity contribution in [3.63, 3.8) is 0 Å². The van der Waals surface area contributed by atoms with Crippen molar-refractivity contribution in [2.45, 2.75) is 39.2 Å². The average Bonchev–Trinajstić information content (AvgIpc) is 2.52. The van der Waals surface area contributed by atoms with Crippen molar-refractivity contribution in [2.24, 2.45) is 11.8 Å². The molecule has 0 amide bonds. The van der Waals surface area contributed by atoms with Gasteiger partial charge in [0.2, 0.25) is 0 Å². The first kappa shape index (κ1) is 17.5. The zero-order valence-corrected chi connectivity index (χ0v) is 14.5. The summed E-state index contributed by atoms with van der Waals surface area (Å²) in [6.07, 6.45) is 2.42. The maximum atomic E-state index is 14.2. The molecule has 0 aliphatic heterocycles. The highest BCUT2D eigenvalue weighted by molar-refractivity contribution is 5.71. The molecule has 0 radical (unpaired) electrons. The molecule has 1 N–H and O–H groups in total. The third-order valence-corrected chi connectivity index (χ3v) is 4.68. The molecule has 0 unspecified atom stereocenters. The first-order valence-electron chi connectivity index (χ1n) is 8.70. The van der Waals surface area contributed by atoms with Crippen LogP contribution >= 0.6 is 0 Å². The van der Waals surface area contributed by atoms with Crippen LogP contribution in [0.15, 0.2) is 42.5 Å². The molecule has 0 spiro atoms. The van der Waals surface area contributed by atoms with Crippen LogP contribution < -0.4 is 4.74 Å². The molecular weight excluding hydrogens is 319 g/mol. The van der Waals surface area contributed by atoms with Crippen molar-refractivity contribution in [3.8, 4) is 16.9 Å². The molecule has 0 saturated heterocycles. The lowest BCUT2D eigenvalue weighted by molar-refractivity contribution is -0.146. The molecule has 1 saturated carbocycles. The minimum absolute atomic E-state index is 0.0396. The van der Waals surface area contributed by atoms with Crippen LogP contribution in [0.25, 0.3) is 11.1 Å². The molecule has 1 fully saturated rings. The number of aliphatic carboxylic acids is 1. The third kappa shape index (κ3) is 4.19. The van der Waals surface area contributed by atoms with E-state index in [9.17, 15) is 9.18 Å². The zero-order chi connectivity index (χ0) is 18.0. The molecule has 0 aromatic heterocycles. The van der Waals surface area contributed by atoms with E-state index in [1.807, 2.05) is 38.1 Å². The van der Waals surface area contributed by atoms with E-state index in [1.54, 1.807) is 12.1 Å². The molecule has 1 aliphatic rings. The van der Waals surface area contributed by atoms with E-state index in [-0.39, 0.29) is 17.8 Å². The van der Waals surface area contributed by atoms with Crippen LogP contribution in [0.3, 0.4) is 0 Å². The lowest BCUT2D eigenvalue weighted by atomic mass is 9.72. The van der Waals surface area contributed by atoms with Crippen LogP contribution in [0.2, 0.25) is 0 Å². The van der Waals surface area contributed by atoms with Gasteiger partial charge in [0.25, 0.3) is 0 Å². The normalized spacial score (nSPS) is 19.5. The summed E-state index contributed by atoms with van der Waals surface area (Å²) in [5.41, 5.74) is 2.50. The molecule has 3 rings (SSSR count). The second kappa shape index (κ2) is 7.26. The standard InChI is InChI=1S/C21H23FO3/c1-13(2)25-18-7-8-20(22)19(12-18)16-5-3-14(4-6-16)9-15-10-17(11-15)21(23)24/h3-8,12-13,15,17H,9-11H2,1-2H3,(H,23,24). The average molecular weight is 342 g/mol. The van der Waals surface area contributed by atoms with E-state index in [0.29, 0.717) is 17.2 Å². The molecule has 132 valence electrons. The van der Waals surface area contributed by atoms with Gasteiger partial charge in [-0.1, -0.05) is 24.3 Å². The number of ether oxygens (including phenoxy) is 1. The highest BCUT2D eigenvalue weighted by Gasteiger charge is 2.34. The van der Waals surface area contributed by atoms with Crippen LogP contribution in [0.5, 0.6) is 5.75 Å². The van der Waals surface area contributed by atoms with Gasteiger partial charge in [-0.3, -0.25) is 4.79 Å². The van der Waals surface area contributed by atoms with Gasteiger partial charge < -0.3 is 9.84 Å². The first-order chi connectivity index (χ1) is 11.9. The largest absolute Gasteiger partial charge is 0.491 e. The second-order valence-electron chi connectivity index (χ2n) is 7.08. The number of benzene rings is 2. The maximum Gasteiger partial charge on any atom is 0.306 e. The monoisotopic (exact) mass is 342 g/mol. The molecule has 0 heterocycles. The van der Waals surface area contributed by atoms with E-state index in [0.717, 1.165) is 30.4 Å². The summed E-state index contributed by atoms with van der Waals surface area (Å²) in [5, 5.41) is 8.94. The lowest BCUT2D eigenvalue weighted by Crippen LogP contribution is -2.31. The van der Waals surface area contributed by atoms with Crippen molar-refractivity contribution in [2.75, 3.05) is 0 Å². The van der Waals surface area contributed by atoms with Crippen LogP contribution in [-0.4, -0.2) is 17.2 Å². The van der Waals surface area contributed by atoms with Crippen molar-refractivity contribution in [3.05, 3.63) is 53.8 Å². The molecule has 0 bridgehead atoms. The van der Waals surface area contributed by atoms with Crippen LogP contribution in [0, 0.1) is 17.7 Å². The second-order valence-corrected chi connectivity index (χ2v) is 7.08. The minimum Gasteiger partial charge on any atom is -0.491 e. The molecule has 3 nitrogen and oxygen atoms in total. The zero-order valence-electron chi connectivity index (χ0n) is 14.5. The Balaban J connectivity index is 1.69. The van der Waals surface area contributed by atoms with E-state index in [1.165, 1.54) is 6.07 Å². The van der Waals surface area contributed by atoms with E-state index < -0.39 is 5.97 Å². The van der Waals surface area contributed by atoms with Gasteiger partial charge in [0, 0.05) is 5.56 Å². The SMILES string of the molecule is CC(C)Oc1ccc(F)c(-c2ccc(CC3CC(C(=O)O)C3)cc2)c1. The van der Waals surface area contributed by atoms with Crippen molar-refractivity contribution in [1.29, 1.82) is 0 Å². The summed E-state index contributed by atoms with van der Waals surface area (Å²) in [4.78, 5) is 10.9. The quantitative estimate of drug-likeness (QED) is 0.809. The molecule has 0 atom stereocenters. The Hall–Kier alpha value is -2.36. The summed E-state index contributed by atoms with van der Waals surface area (Å²) >= 11 is 0. The number of carboxylic acids is 1. The number of hydrogen-bond acceptors (Lipinski definition) is 2. The first-order valence-corrected chi connectivity index (χ1v) is 8.70. The molecule has 1 aliphatic carbocycles. The van der Waals surface area contributed by atoms with E-state index in [4.69, 9.17) is 9.84 Å². The maximum absolute atomic E-state index is 14.2. The Bertz CT molecular complexity index is 746. The van der Waals surface area contributed by atoms with Gasteiger partial charge in [-0.25, -0.2) is 4.39 Å². The Kier molecular flexibility index (Phi) is 5.07. The predicted molar refractivity (Wildman–Crippen MR) is 95.2 cm³/mol. The molecule has 2 aromatic rings. The summed E-state index contributed by atoms with van der Waals surface area (Å²) in [5.74, 6) is -0.0455. The summed E-state index contributed by atoms with van der Waals surface area (Å²) in [7, 11) is 0. The van der Waals surface area contributed by atoms with Crippen LogP contribution in [0.1, 0.15) is 32.3 Å². The van der Waals surface area contributed by atoms with Gasteiger partial charge in [-0.15, -0.1) is 0 Å². The molecule has 25 heavy (non-hydrogen) atoms. The topological polar surface area (TPSA) is 46.5 Å². The third-order valence-electron chi connectivity index (χ3n) is 4.68. The number of carboxylic acid groups (broad SMARTS) is 1. The number of halogens is 1. The van der Waals surface area contributed by atoms with Gasteiger partial charge in [-0.05, 0) is 68.4 Å². The Labute approximate surface area is 147 Å². The van der Waals surface area contributed by atoms with Crippen LogP contribution in [-0.2, 0) is 11.2 Å².